The molecule has 1 heterocycles. The van der Waals surface area contributed by atoms with E-state index in [1.54, 1.807) is 24.3 Å². The first-order valence-corrected chi connectivity index (χ1v) is 11.4. The van der Waals surface area contributed by atoms with Crippen LogP contribution in [-0.4, -0.2) is 41.2 Å². The number of thioether (sulfide) groups is 1. The summed E-state index contributed by atoms with van der Waals surface area (Å²) >= 11 is 4.52. The number of aryl methyl sites for hydroxylation is 2. The summed E-state index contributed by atoms with van der Waals surface area (Å²) in [5, 5.41) is 11.3. The highest BCUT2D eigenvalue weighted by atomic mass is 79.9. The molecule has 31 heavy (non-hydrogen) atoms. The van der Waals surface area contributed by atoms with Gasteiger partial charge < -0.3 is 21.7 Å². The number of carbonyl (C=O) groups excluding carboxylic acids is 3. The minimum Gasteiger partial charge on any atom is -0.338 e. The topological polar surface area (TPSA) is 125 Å². The van der Waals surface area contributed by atoms with Gasteiger partial charge in [-0.2, -0.15) is 0 Å². The first-order chi connectivity index (χ1) is 14.7. The van der Waals surface area contributed by atoms with Crippen molar-refractivity contribution in [2.75, 3.05) is 11.1 Å². The zero-order valence-corrected chi connectivity index (χ0v) is 19.5. The summed E-state index contributed by atoms with van der Waals surface area (Å²) < 4.78 is 0.847. The summed E-state index contributed by atoms with van der Waals surface area (Å²) in [5.41, 5.74) is 8.73. The number of amides is 3. The number of nitrogens with two attached hydrogens (primary N) is 1. The molecule has 1 saturated heterocycles. The summed E-state index contributed by atoms with van der Waals surface area (Å²) in [5.74, 6) is -0.879. The van der Waals surface area contributed by atoms with Gasteiger partial charge in [-0.05, 0) is 55.3 Å². The number of rotatable bonds is 6. The molecule has 0 bridgehead atoms. The van der Waals surface area contributed by atoms with Crippen LogP contribution in [0.25, 0.3) is 0 Å². The maximum absolute atomic E-state index is 12.5. The normalized spacial score (nSPS) is 20.6. The van der Waals surface area contributed by atoms with Crippen molar-refractivity contribution in [3.05, 3.63) is 63.6 Å². The molecule has 0 aliphatic carbocycles. The lowest BCUT2D eigenvalue weighted by Crippen LogP contribution is -2.70. The van der Waals surface area contributed by atoms with Gasteiger partial charge in [0.1, 0.15) is 11.5 Å². The Morgan fingerprint density at radius 2 is 1.87 bits per heavy atom. The van der Waals surface area contributed by atoms with E-state index in [-0.39, 0.29) is 11.7 Å². The van der Waals surface area contributed by atoms with Gasteiger partial charge in [0.15, 0.2) is 0 Å². The van der Waals surface area contributed by atoms with Gasteiger partial charge in [0.05, 0.1) is 11.9 Å². The van der Waals surface area contributed by atoms with Crippen LogP contribution < -0.4 is 27.0 Å². The van der Waals surface area contributed by atoms with Gasteiger partial charge >= 0.3 is 0 Å². The smallest absolute Gasteiger partial charge is 0.252 e. The Kier molecular flexibility index (Phi) is 7.71. The lowest BCUT2D eigenvalue weighted by molar-refractivity contribution is -0.125. The molecule has 1 aliphatic heterocycles. The molecule has 8 nitrogen and oxygen atoms in total. The highest BCUT2D eigenvalue weighted by molar-refractivity contribution is 9.10. The standard InChI is InChI=1S/C21H24BrN5O3S/c1-11-3-4-12(2)15(9-11)24-16(28)10-31-21-26-18(23)17(20(30)27-21)25-19(29)13-5-7-14(22)8-6-13/h3-9,17-18,21,26H,10,23H2,1-2H3,(H,24,28)(H,25,29)(H,27,30). The second kappa shape index (κ2) is 10.3. The molecule has 3 unspecified atom stereocenters. The summed E-state index contributed by atoms with van der Waals surface area (Å²) in [7, 11) is 0. The van der Waals surface area contributed by atoms with E-state index < -0.39 is 29.5 Å². The van der Waals surface area contributed by atoms with Crippen molar-refractivity contribution >= 4 is 51.1 Å². The van der Waals surface area contributed by atoms with Crippen molar-refractivity contribution in [3.8, 4) is 0 Å². The van der Waals surface area contributed by atoms with Crippen LogP contribution in [0.5, 0.6) is 0 Å². The van der Waals surface area contributed by atoms with Crippen LogP contribution in [0.15, 0.2) is 46.9 Å². The Labute approximate surface area is 193 Å². The van der Waals surface area contributed by atoms with Crippen molar-refractivity contribution in [3.63, 3.8) is 0 Å². The van der Waals surface area contributed by atoms with Gasteiger partial charge in [0, 0.05) is 15.7 Å². The maximum Gasteiger partial charge on any atom is 0.252 e. The Balaban J connectivity index is 1.50. The zero-order chi connectivity index (χ0) is 22.5. The van der Waals surface area contributed by atoms with Crippen molar-refractivity contribution in [2.24, 2.45) is 5.73 Å². The van der Waals surface area contributed by atoms with Crippen LogP contribution in [-0.2, 0) is 9.59 Å². The Morgan fingerprint density at radius 1 is 1.16 bits per heavy atom. The average Bonchev–Trinajstić information content (AvgIpc) is 2.72. The summed E-state index contributed by atoms with van der Waals surface area (Å²) in [4.78, 5) is 37.2. The molecule has 6 N–H and O–H groups in total. The van der Waals surface area contributed by atoms with E-state index in [0.29, 0.717) is 5.56 Å². The number of hydrogen-bond donors (Lipinski definition) is 5. The molecule has 0 spiro atoms. The molecule has 2 aromatic rings. The van der Waals surface area contributed by atoms with Gasteiger partial charge in [-0.3, -0.25) is 19.7 Å². The highest BCUT2D eigenvalue weighted by Gasteiger charge is 2.35. The van der Waals surface area contributed by atoms with Gasteiger partial charge in [0.2, 0.25) is 11.8 Å². The average molecular weight is 506 g/mol. The van der Waals surface area contributed by atoms with E-state index in [4.69, 9.17) is 5.73 Å². The van der Waals surface area contributed by atoms with E-state index in [0.717, 1.165) is 21.3 Å². The molecule has 3 atom stereocenters. The molecule has 10 heteroatoms. The summed E-state index contributed by atoms with van der Waals surface area (Å²) in [6, 6.07) is 11.7. The molecule has 3 amide bonds. The molecule has 0 aromatic heterocycles. The largest absolute Gasteiger partial charge is 0.338 e. The number of benzene rings is 2. The highest BCUT2D eigenvalue weighted by Crippen LogP contribution is 2.18. The fourth-order valence-electron chi connectivity index (χ4n) is 2.98. The molecule has 164 valence electrons. The lowest BCUT2D eigenvalue weighted by Gasteiger charge is -2.35. The van der Waals surface area contributed by atoms with Gasteiger partial charge in [-0.25, -0.2) is 0 Å². The van der Waals surface area contributed by atoms with Crippen molar-refractivity contribution in [1.29, 1.82) is 0 Å². The van der Waals surface area contributed by atoms with Crippen LogP contribution in [0.3, 0.4) is 0 Å². The monoisotopic (exact) mass is 505 g/mol. The zero-order valence-electron chi connectivity index (χ0n) is 17.1. The lowest BCUT2D eigenvalue weighted by atomic mass is 10.1. The van der Waals surface area contributed by atoms with Crippen molar-refractivity contribution < 1.29 is 14.4 Å². The Bertz CT molecular complexity index is 985. The molecule has 0 saturated carbocycles. The Hall–Kier alpha value is -2.40. The van der Waals surface area contributed by atoms with Crippen molar-refractivity contribution in [1.82, 2.24) is 16.0 Å². The van der Waals surface area contributed by atoms with Crippen LogP contribution in [0.1, 0.15) is 21.5 Å². The van der Waals surface area contributed by atoms with Crippen LogP contribution >= 0.6 is 27.7 Å². The molecule has 2 aromatic carbocycles. The molecule has 3 rings (SSSR count). The SMILES string of the molecule is Cc1ccc(C)c(NC(=O)CSC2NC(=O)C(NC(=O)c3ccc(Br)cc3)C(N)N2)c1. The van der Waals surface area contributed by atoms with Gasteiger partial charge in [0.25, 0.3) is 5.91 Å². The molecular weight excluding hydrogens is 482 g/mol. The number of carbonyl (C=O) groups is 3. The quantitative estimate of drug-likeness (QED) is 0.407. The van der Waals surface area contributed by atoms with Crippen LogP contribution in [0.2, 0.25) is 0 Å². The van der Waals surface area contributed by atoms with Gasteiger partial charge in [-0.1, -0.05) is 28.1 Å². The molecular formula is C21H24BrN5O3S. The van der Waals surface area contributed by atoms with Crippen molar-refractivity contribution in [2.45, 2.75) is 31.6 Å². The minimum absolute atomic E-state index is 0.119. The first kappa shape index (κ1) is 23.3. The number of halogens is 1. The predicted molar refractivity (Wildman–Crippen MR) is 125 cm³/mol. The summed E-state index contributed by atoms with van der Waals surface area (Å²) in [6.07, 6.45) is -0.798. The fourth-order valence-corrected chi connectivity index (χ4v) is 4.09. The third-order valence-corrected chi connectivity index (χ3v) is 6.24. The van der Waals surface area contributed by atoms with E-state index in [1.807, 2.05) is 32.0 Å². The van der Waals surface area contributed by atoms with E-state index in [9.17, 15) is 14.4 Å². The third kappa shape index (κ3) is 6.30. The molecule has 1 fully saturated rings. The number of hydrogen-bond acceptors (Lipinski definition) is 6. The second-order valence-corrected chi connectivity index (χ2v) is 9.23. The predicted octanol–water partition coefficient (Wildman–Crippen LogP) is 1.82. The van der Waals surface area contributed by atoms with Crippen LogP contribution in [0, 0.1) is 13.8 Å². The second-order valence-electron chi connectivity index (χ2n) is 7.22. The molecule has 0 radical (unpaired) electrons. The van der Waals surface area contributed by atoms with Crippen LogP contribution in [0.4, 0.5) is 5.69 Å². The van der Waals surface area contributed by atoms with E-state index >= 15 is 0 Å². The van der Waals surface area contributed by atoms with E-state index in [2.05, 4.69) is 37.2 Å². The minimum atomic E-state index is -0.934. The number of nitrogens with one attached hydrogen (secondary N) is 4. The molecule has 1 aliphatic rings. The van der Waals surface area contributed by atoms with E-state index in [1.165, 1.54) is 11.8 Å². The number of anilines is 1. The maximum atomic E-state index is 12.5. The summed E-state index contributed by atoms with van der Waals surface area (Å²) in [6.45, 7) is 3.88. The third-order valence-electron chi connectivity index (χ3n) is 4.70. The Morgan fingerprint density at radius 3 is 2.55 bits per heavy atom. The van der Waals surface area contributed by atoms with Gasteiger partial charge in [-0.15, -0.1) is 11.8 Å². The fraction of sp³-hybridized carbons (Fsp3) is 0.286. The first-order valence-electron chi connectivity index (χ1n) is 9.60.